The van der Waals surface area contributed by atoms with E-state index >= 15 is 0 Å². The van der Waals surface area contributed by atoms with Crippen LogP contribution in [0.2, 0.25) is 0 Å². The molecule has 6 heteroatoms. The van der Waals surface area contributed by atoms with Crippen LogP contribution < -0.4 is 11.3 Å². The third-order valence-electron chi connectivity index (χ3n) is 3.01. The van der Waals surface area contributed by atoms with Crippen LogP contribution >= 0.6 is 15.9 Å². The number of hydrogen-bond acceptors (Lipinski definition) is 4. The fourth-order valence-electron chi connectivity index (χ4n) is 2.28. The van der Waals surface area contributed by atoms with Crippen LogP contribution in [0.4, 0.5) is 0 Å². The third-order valence-corrected chi connectivity index (χ3v) is 3.62. The van der Waals surface area contributed by atoms with Crippen molar-refractivity contribution >= 4 is 15.9 Å². The molecule has 1 unspecified atom stereocenters. The molecule has 0 amide bonds. The summed E-state index contributed by atoms with van der Waals surface area (Å²) < 4.78 is 2.88. The zero-order valence-electron chi connectivity index (χ0n) is 11.3. The molecule has 0 bridgehead atoms. The first-order valence-electron chi connectivity index (χ1n) is 6.19. The van der Waals surface area contributed by atoms with E-state index in [0.717, 1.165) is 33.7 Å². The van der Waals surface area contributed by atoms with Gasteiger partial charge in [-0.05, 0) is 54.4 Å². The maximum absolute atomic E-state index is 5.76. The van der Waals surface area contributed by atoms with Gasteiger partial charge in [0.25, 0.3) is 0 Å². The van der Waals surface area contributed by atoms with Crippen molar-refractivity contribution in [3.05, 3.63) is 45.4 Å². The van der Waals surface area contributed by atoms with Gasteiger partial charge >= 0.3 is 0 Å². The second-order valence-electron chi connectivity index (χ2n) is 4.48. The third kappa shape index (κ3) is 2.86. The Balaban J connectivity index is 2.52. The van der Waals surface area contributed by atoms with Gasteiger partial charge in [0.1, 0.15) is 0 Å². The van der Waals surface area contributed by atoms with E-state index in [1.54, 1.807) is 6.20 Å². The van der Waals surface area contributed by atoms with Gasteiger partial charge in [0.05, 0.1) is 22.4 Å². The summed E-state index contributed by atoms with van der Waals surface area (Å²) in [5, 5.41) is 4.33. The molecule has 1 atom stereocenters. The molecule has 5 nitrogen and oxygen atoms in total. The van der Waals surface area contributed by atoms with Gasteiger partial charge in [-0.25, -0.2) is 5.43 Å². The molecule has 2 rings (SSSR count). The Morgan fingerprint density at radius 2 is 2.00 bits per heavy atom. The van der Waals surface area contributed by atoms with Gasteiger partial charge in [0, 0.05) is 17.9 Å². The molecule has 2 aromatic heterocycles. The lowest BCUT2D eigenvalue weighted by Crippen LogP contribution is -2.31. The predicted octanol–water partition coefficient (Wildman–Crippen LogP) is 2.23. The number of aryl methyl sites for hydroxylation is 3. The van der Waals surface area contributed by atoms with Gasteiger partial charge in [-0.3, -0.25) is 15.5 Å². The highest BCUT2D eigenvalue weighted by Gasteiger charge is 2.21. The molecule has 2 heterocycles. The molecule has 0 aliphatic heterocycles. The standard InChI is InChI=1S/C13H18BrN5/c1-4-19-13(11(14)7-16-19)12(18-15)10-5-8(2)17-9(3)6-10/h5-7,12,18H,4,15H2,1-3H3. The van der Waals surface area contributed by atoms with Crippen molar-refractivity contribution in [1.82, 2.24) is 20.2 Å². The van der Waals surface area contributed by atoms with E-state index in [1.165, 1.54) is 0 Å². The molecule has 3 N–H and O–H groups in total. The summed E-state index contributed by atoms with van der Waals surface area (Å²) in [6.45, 7) is 6.81. The topological polar surface area (TPSA) is 68.8 Å². The monoisotopic (exact) mass is 323 g/mol. The Morgan fingerprint density at radius 1 is 1.37 bits per heavy atom. The van der Waals surface area contributed by atoms with E-state index in [9.17, 15) is 0 Å². The number of halogens is 1. The summed E-state index contributed by atoms with van der Waals surface area (Å²) in [5.41, 5.74) is 6.94. The van der Waals surface area contributed by atoms with Gasteiger partial charge in [0.15, 0.2) is 0 Å². The number of nitrogens with zero attached hydrogens (tertiary/aromatic N) is 3. The molecule has 0 radical (unpaired) electrons. The first kappa shape index (κ1) is 14.2. The summed E-state index contributed by atoms with van der Waals surface area (Å²) in [5.74, 6) is 5.76. The van der Waals surface area contributed by atoms with Crippen LogP contribution in [-0.4, -0.2) is 14.8 Å². The van der Waals surface area contributed by atoms with Gasteiger partial charge in [-0.2, -0.15) is 5.10 Å². The Kier molecular flexibility index (Phi) is 4.34. The minimum atomic E-state index is -0.114. The summed E-state index contributed by atoms with van der Waals surface area (Å²) >= 11 is 3.54. The van der Waals surface area contributed by atoms with Crippen molar-refractivity contribution in [2.45, 2.75) is 33.4 Å². The normalized spacial score (nSPS) is 12.7. The van der Waals surface area contributed by atoms with Crippen LogP contribution in [0.15, 0.2) is 22.8 Å². The quantitative estimate of drug-likeness (QED) is 0.668. The van der Waals surface area contributed by atoms with Crippen LogP contribution in [0.3, 0.4) is 0 Å². The van der Waals surface area contributed by atoms with Crippen LogP contribution in [0, 0.1) is 13.8 Å². The maximum Gasteiger partial charge on any atom is 0.0891 e. The second-order valence-corrected chi connectivity index (χ2v) is 5.33. The van der Waals surface area contributed by atoms with Crippen molar-refractivity contribution in [3.63, 3.8) is 0 Å². The number of nitrogens with one attached hydrogen (secondary N) is 1. The number of aromatic nitrogens is 3. The van der Waals surface area contributed by atoms with Gasteiger partial charge in [-0.15, -0.1) is 0 Å². The largest absolute Gasteiger partial charge is 0.271 e. The lowest BCUT2D eigenvalue weighted by Gasteiger charge is -2.19. The molecule has 0 saturated heterocycles. The summed E-state index contributed by atoms with van der Waals surface area (Å²) in [6, 6.07) is 3.96. The summed E-state index contributed by atoms with van der Waals surface area (Å²) in [7, 11) is 0. The Labute approximate surface area is 121 Å². The molecular weight excluding hydrogens is 306 g/mol. The van der Waals surface area contributed by atoms with Gasteiger partial charge in [0.2, 0.25) is 0 Å². The first-order valence-corrected chi connectivity index (χ1v) is 6.98. The van der Waals surface area contributed by atoms with E-state index < -0.39 is 0 Å². The first-order chi connectivity index (χ1) is 9.06. The fraction of sp³-hybridized carbons (Fsp3) is 0.385. The van der Waals surface area contributed by atoms with E-state index in [1.807, 2.05) is 30.7 Å². The van der Waals surface area contributed by atoms with Crippen molar-refractivity contribution in [1.29, 1.82) is 0 Å². The molecular formula is C13H18BrN5. The van der Waals surface area contributed by atoms with E-state index in [4.69, 9.17) is 5.84 Å². The highest BCUT2D eigenvalue weighted by atomic mass is 79.9. The molecule has 0 saturated carbocycles. The van der Waals surface area contributed by atoms with Crippen molar-refractivity contribution in [2.75, 3.05) is 0 Å². The number of nitrogens with two attached hydrogens (primary N) is 1. The minimum absolute atomic E-state index is 0.114. The van der Waals surface area contributed by atoms with E-state index in [2.05, 4.69) is 38.4 Å². The molecule has 0 aromatic carbocycles. The van der Waals surface area contributed by atoms with Crippen LogP contribution in [-0.2, 0) is 6.54 Å². The van der Waals surface area contributed by atoms with Crippen LogP contribution in [0.5, 0.6) is 0 Å². The van der Waals surface area contributed by atoms with Gasteiger partial charge in [-0.1, -0.05) is 0 Å². The zero-order chi connectivity index (χ0) is 14.0. The highest BCUT2D eigenvalue weighted by molar-refractivity contribution is 9.10. The molecule has 102 valence electrons. The number of rotatable bonds is 4. The summed E-state index contributed by atoms with van der Waals surface area (Å²) in [4.78, 5) is 4.39. The maximum atomic E-state index is 5.76. The number of pyridine rings is 1. The van der Waals surface area contributed by atoms with Crippen molar-refractivity contribution < 1.29 is 0 Å². The van der Waals surface area contributed by atoms with E-state index in [-0.39, 0.29) is 6.04 Å². The lowest BCUT2D eigenvalue weighted by atomic mass is 10.0. The van der Waals surface area contributed by atoms with Crippen LogP contribution in [0.1, 0.15) is 35.6 Å². The molecule has 0 aliphatic carbocycles. The highest BCUT2D eigenvalue weighted by Crippen LogP contribution is 2.28. The molecule has 0 aliphatic rings. The molecule has 0 spiro atoms. The average molecular weight is 324 g/mol. The average Bonchev–Trinajstić information content (AvgIpc) is 2.71. The van der Waals surface area contributed by atoms with E-state index in [0.29, 0.717) is 0 Å². The second kappa shape index (κ2) is 5.81. The lowest BCUT2D eigenvalue weighted by molar-refractivity contribution is 0.541. The predicted molar refractivity (Wildman–Crippen MR) is 78.5 cm³/mol. The summed E-state index contributed by atoms with van der Waals surface area (Å²) in [6.07, 6.45) is 1.80. The number of hydrogen-bond donors (Lipinski definition) is 2. The molecule has 0 fully saturated rings. The minimum Gasteiger partial charge on any atom is -0.271 e. The zero-order valence-corrected chi connectivity index (χ0v) is 12.9. The van der Waals surface area contributed by atoms with Crippen molar-refractivity contribution in [3.8, 4) is 0 Å². The Morgan fingerprint density at radius 3 is 2.53 bits per heavy atom. The van der Waals surface area contributed by atoms with Crippen LogP contribution in [0.25, 0.3) is 0 Å². The van der Waals surface area contributed by atoms with Crippen molar-refractivity contribution in [2.24, 2.45) is 5.84 Å². The SMILES string of the molecule is CCn1ncc(Br)c1C(NN)c1cc(C)nc(C)c1. The number of hydrazine groups is 1. The molecule has 19 heavy (non-hydrogen) atoms. The fourth-order valence-corrected chi connectivity index (χ4v) is 2.80. The Bertz CT molecular complexity index is 558. The smallest absolute Gasteiger partial charge is 0.0891 e. The van der Waals surface area contributed by atoms with Gasteiger partial charge < -0.3 is 0 Å². The molecule has 2 aromatic rings. The Hall–Kier alpha value is -1.24.